The summed E-state index contributed by atoms with van der Waals surface area (Å²) in [6.07, 6.45) is 1.56. The highest BCUT2D eigenvalue weighted by Crippen LogP contribution is 2.35. The molecule has 1 aromatic carbocycles. The van der Waals surface area contributed by atoms with Gasteiger partial charge in [0.25, 0.3) is 0 Å². The van der Waals surface area contributed by atoms with Crippen molar-refractivity contribution in [3.8, 4) is 0 Å². The van der Waals surface area contributed by atoms with Crippen LogP contribution in [-0.2, 0) is 15.1 Å². The maximum absolute atomic E-state index is 11.9. The van der Waals surface area contributed by atoms with Crippen LogP contribution in [0.3, 0.4) is 0 Å². The van der Waals surface area contributed by atoms with Crippen LogP contribution in [0, 0.1) is 0 Å². The number of rotatable bonds is 4. The second-order valence-corrected chi connectivity index (χ2v) is 4.53. The standard InChI is InChI=1S/C14H17NO3/c1-2-14(13(17)18,11-7-4-3-5-8-11)15-10-6-9-12(15)16/h3-5,7-8H,2,6,9-10H2,1H3,(H,17,18). The summed E-state index contributed by atoms with van der Waals surface area (Å²) in [6, 6.07) is 9.02. The van der Waals surface area contributed by atoms with Crippen molar-refractivity contribution in [3.63, 3.8) is 0 Å². The van der Waals surface area contributed by atoms with Crippen molar-refractivity contribution >= 4 is 11.9 Å². The molecule has 0 saturated carbocycles. The second-order valence-electron chi connectivity index (χ2n) is 4.53. The van der Waals surface area contributed by atoms with Crippen LogP contribution in [-0.4, -0.2) is 28.4 Å². The minimum absolute atomic E-state index is 0.0666. The molecule has 2 rings (SSSR count). The van der Waals surface area contributed by atoms with Crippen molar-refractivity contribution in [1.82, 2.24) is 4.90 Å². The first-order chi connectivity index (χ1) is 8.63. The number of likely N-dealkylation sites (tertiary alicyclic amines) is 1. The van der Waals surface area contributed by atoms with E-state index in [1.165, 1.54) is 4.90 Å². The van der Waals surface area contributed by atoms with Crippen LogP contribution in [0.1, 0.15) is 31.7 Å². The fraction of sp³-hybridized carbons (Fsp3) is 0.429. The fourth-order valence-corrected chi connectivity index (χ4v) is 2.71. The van der Waals surface area contributed by atoms with Gasteiger partial charge in [-0.1, -0.05) is 37.3 Å². The maximum atomic E-state index is 11.9. The molecule has 1 atom stereocenters. The highest BCUT2D eigenvalue weighted by atomic mass is 16.4. The third kappa shape index (κ3) is 1.78. The van der Waals surface area contributed by atoms with Gasteiger partial charge < -0.3 is 10.0 Å². The minimum Gasteiger partial charge on any atom is -0.479 e. The van der Waals surface area contributed by atoms with Crippen LogP contribution < -0.4 is 0 Å². The molecule has 18 heavy (non-hydrogen) atoms. The first-order valence-corrected chi connectivity index (χ1v) is 6.22. The summed E-state index contributed by atoms with van der Waals surface area (Å²) >= 11 is 0. The van der Waals surface area contributed by atoms with E-state index in [4.69, 9.17) is 0 Å². The zero-order valence-electron chi connectivity index (χ0n) is 10.4. The number of carboxylic acid groups (broad SMARTS) is 1. The molecule has 96 valence electrons. The Hall–Kier alpha value is -1.84. The van der Waals surface area contributed by atoms with Gasteiger partial charge in [-0.2, -0.15) is 0 Å². The van der Waals surface area contributed by atoms with Gasteiger partial charge in [0, 0.05) is 13.0 Å². The molecule has 1 saturated heterocycles. The number of nitrogens with zero attached hydrogens (tertiary/aromatic N) is 1. The average molecular weight is 247 g/mol. The van der Waals surface area contributed by atoms with Crippen molar-refractivity contribution in [3.05, 3.63) is 35.9 Å². The maximum Gasteiger partial charge on any atom is 0.334 e. The molecule has 1 aromatic rings. The van der Waals surface area contributed by atoms with Crippen LogP contribution >= 0.6 is 0 Å². The third-order valence-corrected chi connectivity index (χ3v) is 3.65. The van der Waals surface area contributed by atoms with Gasteiger partial charge in [-0.3, -0.25) is 4.79 Å². The van der Waals surface area contributed by atoms with E-state index >= 15 is 0 Å². The van der Waals surface area contributed by atoms with Gasteiger partial charge in [0.2, 0.25) is 5.91 Å². The smallest absolute Gasteiger partial charge is 0.334 e. The molecule has 1 aliphatic heterocycles. The number of carbonyl (C=O) groups is 2. The van der Waals surface area contributed by atoms with Crippen LogP contribution in [0.5, 0.6) is 0 Å². The van der Waals surface area contributed by atoms with Gasteiger partial charge in [-0.15, -0.1) is 0 Å². The molecule has 0 aromatic heterocycles. The van der Waals surface area contributed by atoms with Gasteiger partial charge in [0.15, 0.2) is 5.54 Å². The lowest BCUT2D eigenvalue weighted by atomic mass is 9.85. The molecular weight excluding hydrogens is 230 g/mol. The molecular formula is C14H17NO3. The molecule has 0 spiro atoms. The van der Waals surface area contributed by atoms with Crippen molar-refractivity contribution in [2.45, 2.75) is 31.7 Å². The van der Waals surface area contributed by atoms with Crippen LogP contribution in [0.2, 0.25) is 0 Å². The summed E-state index contributed by atoms with van der Waals surface area (Å²) in [4.78, 5) is 25.2. The zero-order valence-corrected chi connectivity index (χ0v) is 10.4. The van der Waals surface area contributed by atoms with Gasteiger partial charge in [0.1, 0.15) is 0 Å². The molecule has 4 nitrogen and oxygen atoms in total. The van der Waals surface area contributed by atoms with Gasteiger partial charge in [-0.05, 0) is 18.4 Å². The highest BCUT2D eigenvalue weighted by Gasteiger charge is 2.48. The molecule has 0 radical (unpaired) electrons. The Kier molecular flexibility index (Phi) is 3.36. The summed E-state index contributed by atoms with van der Waals surface area (Å²) < 4.78 is 0. The third-order valence-electron chi connectivity index (χ3n) is 3.65. The number of benzene rings is 1. The molecule has 1 aliphatic rings. The highest BCUT2D eigenvalue weighted by molar-refractivity contribution is 5.89. The second kappa shape index (κ2) is 4.80. The number of aliphatic carboxylic acids is 1. The Morgan fingerprint density at radius 1 is 1.39 bits per heavy atom. The first kappa shape index (κ1) is 12.6. The number of hydrogen-bond donors (Lipinski definition) is 1. The van der Waals surface area contributed by atoms with E-state index in [9.17, 15) is 14.7 Å². The van der Waals surface area contributed by atoms with E-state index in [0.717, 1.165) is 6.42 Å². The molecule has 1 heterocycles. The summed E-state index contributed by atoms with van der Waals surface area (Å²) in [7, 11) is 0. The Morgan fingerprint density at radius 2 is 2.06 bits per heavy atom. The quantitative estimate of drug-likeness (QED) is 0.885. The van der Waals surface area contributed by atoms with E-state index in [1.807, 2.05) is 25.1 Å². The van der Waals surface area contributed by atoms with Crippen LogP contribution in [0.15, 0.2) is 30.3 Å². The van der Waals surface area contributed by atoms with E-state index in [0.29, 0.717) is 24.9 Å². The lowest BCUT2D eigenvalue weighted by Gasteiger charge is -2.38. The summed E-state index contributed by atoms with van der Waals surface area (Å²) in [5.41, 5.74) is -0.537. The monoisotopic (exact) mass is 247 g/mol. The topological polar surface area (TPSA) is 57.6 Å². The molecule has 1 unspecified atom stereocenters. The lowest BCUT2D eigenvalue weighted by Crippen LogP contribution is -2.52. The minimum atomic E-state index is -1.21. The van der Waals surface area contributed by atoms with E-state index < -0.39 is 11.5 Å². The predicted molar refractivity (Wildman–Crippen MR) is 67.0 cm³/mol. The van der Waals surface area contributed by atoms with Crippen molar-refractivity contribution in [2.24, 2.45) is 0 Å². The van der Waals surface area contributed by atoms with Crippen molar-refractivity contribution in [1.29, 1.82) is 0 Å². The van der Waals surface area contributed by atoms with Gasteiger partial charge in [-0.25, -0.2) is 4.79 Å². The Morgan fingerprint density at radius 3 is 2.50 bits per heavy atom. The lowest BCUT2D eigenvalue weighted by molar-refractivity contribution is -0.158. The molecule has 0 bridgehead atoms. The van der Waals surface area contributed by atoms with E-state index in [2.05, 4.69) is 0 Å². The molecule has 0 aliphatic carbocycles. The van der Waals surface area contributed by atoms with Gasteiger partial charge in [0.05, 0.1) is 0 Å². The number of hydrogen-bond acceptors (Lipinski definition) is 2. The molecule has 1 fully saturated rings. The normalized spacial score (nSPS) is 18.7. The van der Waals surface area contributed by atoms with Crippen molar-refractivity contribution in [2.75, 3.05) is 6.54 Å². The predicted octanol–water partition coefficient (Wildman–Crippen LogP) is 2.00. The fourth-order valence-electron chi connectivity index (χ4n) is 2.71. The van der Waals surface area contributed by atoms with E-state index in [1.54, 1.807) is 12.1 Å². The Balaban J connectivity index is 2.53. The number of amides is 1. The van der Waals surface area contributed by atoms with Gasteiger partial charge >= 0.3 is 5.97 Å². The zero-order chi connectivity index (χ0) is 13.2. The summed E-state index contributed by atoms with van der Waals surface area (Å²) in [5.74, 6) is -1.02. The Labute approximate surface area is 106 Å². The molecule has 1 N–H and O–H groups in total. The van der Waals surface area contributed by atoms with Crippen LogP contribution in [0.4, 0.5) is 0 Å². The summed E-state index contributed by atoms with van der Waals surface area (Å²) in [5, 5.41) is 9.66. The molecule has 4 heteroatoms. The van der Waals surface area contributed by atoms with E-state index in [-0.39, 0.29) is 5.91 Å². The van der Waals surface area contributed by atoms with Crippen molar-refractivity contribution < 1.29 is 14.7 Å². The SMILES string of the molecule is CCC(C(=O)O)(c1ccccc1)N1CCCC1=O. The first-order valence-electron chi connectivity index (χ1n) is 6.22. The summed E-state index contributed by atoms with van der Waals surface area (Å²) in [6.45, 7) is 2.33. The number of carboxylic acids is 1. The molecule has 1 amide bonds. The average Bonchev–Trinajstić information content (AvgIpc) is 2.79. The Bertz CT molecular complexity index is 457. The number of carbonyl (C=O) groups excluding carboxylic acids is 1. The van der Waals surface area contributed by atoms with Crippen LogP contribution in [0.25, 0.3) is 0 Å². The largest absolute Gasteiger partial charge is 0.479 e.